The topological polar surface area (TPSA) is 68.7 Å². The fourth-order valence-corrected chi connectivity index (χ4v) is 4.16. The summed E-state index contributed by atoms with van der Waals surface area (Å²) in [7, 11) is 0. The van der Waals surface area contributed by atoms with Crippen molar-refractivity contribution in [3.8, 4) is 5.75 Å². The minimum Gasteiger partial charge on any atom is -0.478 e. The van der Waals surface area contributed by atoms with Gasteiger partial charge in [-0.3, -0.25) is 14.5 Å². The summed E-state index contributed by atoms with van der Waals surface area (Å²) in [5.41, 5.74) is -0.288. The van der Waals surface area contributed by atoms with Gasteiger partial charge in [0.05, 0.1) is 30.0 Å². The largest absolute Gasteiger partial charge is 0.478 e. The third-order valence-electron chi connectivity index (χ3n) is 4.54. The molecule has 6 nitrogen and oxygen atoms in total. The van der Waals surface area contributed by atoms with Crippen LogP contribution in [0.25, 0.3) is 10.2 Å². The van der Waals surface area contributed by atoms with Gasteiger partial charge in [-0.05, 0) is 25.1 Å². The van der Waals surface area contributed by atoms with E-state index in [4.69, 9.17) is 9.47 Å². The van der Waals surface area contributed by atoms with Crippen LogP contribution in [0.15, 0.2) is 24.3 Å². The number of rotatable bonds is 5. The Morgan fingerprint density at radius 2 is 2.00 bits per heavy atom. The molecule has 2 aromatic carbocycles. The van der Waals surface area contributed by atoms with E-state index in [0.717, 1.165) is 34.4 Å². The fourth-order valence-electron chi connectivity index (χ4n) is 3.18. The van der Waals surface area contributed by atoms with Gasteiger partial charge in [-0.15, -0.1) is 11.3 Å². The number of fused-ring (bicyclic) bond motifs is 2. The Morgan fingerprint density at radius 3 is 2.74 bits per heavy atom. The van der Waals surface area contributed by atoms with Crippen molar-refractivity contribution in [3.63, 3.8) is 0 Å². The number of aromatic nitrogens is 1. The lowest BCUT2D eigenvalue weighted by Gasteiger charge is -2.33. The molecule has 1 unspecified atom stereocenters. The lowest BCUT2D eigenvalue weighted by molar-refractivity contribution is -0.147. The molecule has 4 rings (SSSR count). The first-order valence-corrected chi connectivity index (χ1v) is 9.96. The van der Waals surface area contributed by atoms with Gasteiger partial charge < -0.3 is 9.47 Å². The number of halogens is 4. The maximum atomic E-state index is 14.0. The molecule has 1 atom stereocenters. The molecule has 0 N–H and O–H groups in total. The van der Waals surface area contributed by atoms with E-state index in [2.05, 4.69) is 4.98 Å². The molecule has 0 fully saturated rings. The van der Waals surface area contributed by atoms with Gasteiger partial charge in [0.25, 0.3) is 5.91 Å². The number of anilines is 1. The smallest absolute Gasteiger partial charge is 0.310 e. The molecule has 162 valence electrons. The first-order valence-electron chi connectivity index (χ1n) is 9.14. The molecule has 11 heteroatoms. The van der Waals surface area contributed by atoms with Crippen molar-refractivity contribution in [3.05, 3.63) is 52.5 Å². The quantitative estimate of drug-likeness (QED) is 0.330. The van der Waals surface area contributed by atoms with Crippen LogP contribution in [0.4, 0.5) is 23.2 Å². The molecular weight excluding hydrogens is 440 g/mol. The van der Waals surface area contributed by atoms with Crippen LogP contribution in [0.1, 0.15) is 18.4 Å². The Balaban J connectivity index is 1.71. The third kappa shape index (κ3) is 3.92. The van der Waals surface area contributed by atoms with Crippen LogP contribution in [0.3, 0.4) is 0 Å². The summed E-state index contributed by atoms with van der Waals surface area (Å²) >= 11 is 0.854. The number of benzene rings is 2. The van der Waals surface area contributed by atoms with Crippen molar-refractivity contribution in [2.24, 2.45) is 0 Å². The normalized spacial score (nSPS) is 15.7. The number of carbonyl (C=O) groups excluding carboxylic acids is 2. The van der Waals surface area contributed by atoms with Crippen LogP contribution in [-0.2, 0) is 20.9 Å². The first kappa shape index (κ1) is 21.0. The number of amides is 1. The number of carbonyl (C=O) groups is 2. The second-order valence-corrected chi connectivity index (χ2v) is 7.71. The van der Waals surface area contributed by atoms with Gasteiger partial charge in [0.15, 0.2) is 23.6 Å². The number of esters is 1. The van der Waals surface area contributed by atoms with E-state index in [-0.39, 0.29) is 46.2 Å². The van der Waals surface area contributed by atoms with E-state index in [9.17, 15) is 27.2 Å². The molecule has 2 heterocycles. The van der Waals surface area contributed by atoms with Gasteiger partial charge >= 0.3 is 5.97 Å². The number of hydrogen-bond donors (Lipinski definition) is 0. The summed E-state index contributed by atoms with van der Waals surface area (Å²) in [4.78, 5) is 29.9. The summed E-state index contributed by atoms with van der Waals surface area (Å²) in [6, 6.07) is 4.33. The zero-order valence-corrected chi connectivity index (χ0v) is 16.8. The number of nitrogens with zero attached hydrogens (tertiary/aromatic N) is 2. The van der Waals surface area contributed by atoms with Gasteiger partial charge in [0, 0.05) is 6.07 Å². The first-order chi connectivity index (χ1) is 14.8. The Morgan fingerprint density at radius 1 is 1.23 bits per heavy atom. The highest BCUT2D eigenvalue weighted by atomic mass is 32.1. The highest BCUT2D eigenvalue weighted by Gasteiger charge is 2.37. The Labute approximate surface area is 177 Å². The van der Waals surface area contributed by atoms with Crippen molar-refractivity contribution in [2.75, 3.05) is 11.5 Å². The Hall–Kier alpha value is -3.21. The average molecular weight is 454 g/mol. The molecule has 1 amide bonds. The molecule has 31 heavy (non-hydrogen) atoms. The summed E-state index contributed by atoms with van der Waals surface area (Å²) in [5, 5.41) is 0.152. The summed E-state index contributed by atoms with van der Waals surface area (Å²) in [5.74, 6) is -6.23. The zero-order chi connectivity index (χ0) is 22.3. The maximum Gasteiger partial charge on any atom is 0.310 e. The van der Waals surface area contributed by atoms with Gasteiger partial charge in [-0.1, -0.05) is 0 Å². The molecule has 0 radical (unpaired) electrons. The molecule has 0 aliphatic carbocycles. The molecule has 0 saturated carbocycles. The highest BCUT2D eigenvalue weighted by Crippen LogP contribution is 2.37. The van der Waals surface area contributed by atoms with E-state index in [1.54, 1.807) is 6.92 Å². The van der Waals surface area contributed by atoms with E-state index < -0.39 is 41.2 Å². The van der Waals surface area contributed by atoms with E-state index in [1.807, 2.05) is 0 Å². The third-order valence-corrected chi connectivity index (χ3v) is 5.53. The fraction of sp³-hybridized carbons (Fsp3) is 0.250. The summed E-state index contributed by atoms with van der Waals surface area (Å²) < 4.78 is 65.4. The molecule has 1 aliphatic rings. The van der Waals surface area contributed by atoms with Crippen LogP contribution in [0, 0.1) is 23.3 Å². The molecule has 0 bridgehead atoms. The molecule has 0 spiro atoms. The number of thiazole rings is 1. The predicted molar refractivity (Wildman–Crippen MR) is 103 cm³/mol. The average Bonchev–Trinajstić information content (AvgIpc) is 3.12. The van der Waals surface area contributed by atoms with Gasteiger partial charge in [-0.25, -0.2) is 22.5 Å². The second-order valence-electron chi connectivity index (χ2n) is 6.59. The minimum absolute atomic E-state index is 0.0506. The molecule has 0 saturated heterocycles. The maximum absolute atomic E-state index is 14.0. The number of hydrogen-bond acceptors (Lipinski definition) is 6. The highest BCUT2D eigenvalue weighted by molar-refractivity contribution is 7.18. The van der Waals surface area contributed by atoms with E-state index >= 15 is 0 Å². The van der Waals surface area contributed by atoms with Gasteiger partial charge in [0.2, 0.25) is 0 Å². The Kier molecular flexibility index (Phi) is 5.52. The SMILES string of the molecule is CCOC(=O)CC1Oc2ccc(F)cc2N(Cc2nc3c(F)c(F)c(F)cc3s2)C1=O. The van der Waals surface area contributed by atoms with Gasteiger partial charge in [-0.2, -0.15) is 0 Å². The van der Waals surface area contributed by atoms with Crippen molar-refractivity contribution in [1.82, 2.24) is 4.98 Å². The second kappa shape index (κ2) is 8.14. The van der Waals surface area contributed by atoms with Crippen LogP contribution in [0.5, 0.6) is 5.75 Å². The van der Waals surface area contributed by atoms with E-state index in [0.29, 0.717) is 0 Å². The van der Waals surface area contributed by atoms with Crippen LogP contribution < -0.4 is 9.64 Å². The minimum atomic E-state index is -1.64. The van der Waals surface area contributed by atoms with Crippen molar-refractivity contribution in [1.29, 1.82) is 0 Å². The van der Waals surface area contributed by atoms with Crippen molar-refractivity contribution in [2.45, 2.75) is 26.0 Å². The zero-order valence-electron chi connectivity index (χ0n) is 16.0. The van der Waals surface area contributed by atoms with Crippen molar-refractivity contribution < 1.29 is 36.6 Å². The van der Waals surface area contributed by atoms with E-state index in [1.165, 1.54) is 6.07 Å². The van der Waals surface area contributed by atoms with Crippen molar-refractivity contribution >= 4 is 39.1 Å². The molecular formula is C20H14F4N2O4S. The molecule has 1 aliphatic heterocycles. The molecule has 3 aromatic rings. The lowest BCUT2D eigenvalue weighted by Crippen LogP contribution is -2.46. The standard InChI is InChI=1S/C20H14F4N2O4S/c1-2-29-16(27)7-13-20(28)26(11-5-9(21)3-4-12(11)30-13)8-15-25-19-14(31-15)6-10(22)17(23)18(19)24/h3-6,13H,2,7-8H2,1H3. The van der Waals surface area contributed by atoms with Gasteiger partial charge in [0.1, 0.15) is 22.1 Å². The monoisotopic (exact) mass is 454 g/mol. The summed E-state index contributed by atoms with van der Waals surface area (Å²) in [6.07, 6.45) is -1.59. The Bertz CT molecular complexity index is 1200. The molecule has 1 aromatic heterocycles. The van der Waals surface area contributed by atoms with Crippen LogP contribution >= 0.6 is 11.3 Å². The van der Waals surface area contributed by atoms with Crippen LogP contribution in [-0.4, -0.2) is 29.6 Å². The van der Waals surface area contributed by atoms with Crippen LogP contribution in [0.2, 0.25) is 0 Å². The number of ether oxygens (including phenoxy) is 2. The predicted octanol–water partition coefficient (Wildman–Crippen LogP) is 4.10. The summed E-state index contributed by atoms with van der Waals surface area (Å²) in [6.45, 7) is 1.49. The lowest BCUT2D eigenvalue weighted by atomic mass is 10.1.